The SMILES string of the molecule is O=C(C=Cc1ccccc1)N1CCc2c([nH]c3ccccc23)C1c1ccc([N+](=O)[O-])cc1. The summed E-state index contributed by atoms with van der Waals surface area (Å²) in [6.45, 7) is 0.564. The van der Waals surface area contributed by atoms with Crippen LogP contribution in [-0.2, 0) is 11.2 Å². The minimum atomic E-state index is -0.412. The summed E-state index contributed by atoms with van der Waals surface area (Å²) in [7, 11) is 0. The van der Waals surface area contributed by atoms with Gasteiger partial charge in [-0.1, -0.05) is 48.5 Å². The van der Waals surface area contributed by atoms with Crippen molar-refractivity contribution in [2.75, 3.05) is 6.54 Å². The normalized spacial score (nSPS) is 15.8. The molecule has 1 unspecified atom stereocenters. The van der Waals surface area contributed by atoms with Crippen LogP contribution in [0, 0.1) is 10.1 Å². The van der Waals surface area contributed by atoms with E-state index in [-0.39, 0.29) is 17.6 Å². The van der Waals surface area contributed by atoms with Crippen LogP contribution in [0.4, 0.5) is 5.69 Å². The van der Waals surface area contributed by atoms with Crippen molar-refractivity contribution in [2.45, 2.75) is 12.5 Å². The van der Waals surface area contributed by atoms with Crippen LogP contribution in [0.15, 0.2) is 84.9 Å². The largest absolute Gasteiger partial charge is 0.356 e. The maximum absolute atomic E-state index is 13.3. The van der Waals surface area contributed by atoms with Crippen LogP contribution in [0.3, 0.4) is 0 Å². The van der Waals surface area contributed by atoms with Gasteiger partial charge in [0, 0.05) is 41.4 Å². The van der Waals surface area contributed by atoms with Crippen molar-refractivity contribution in [1.29, 1.82) is 0 Å². The summed E-state index contributed by atoms with van der Waals surface area (Å²) >= 11 is 0. The fourth-order valence-electron chi connectivity index (χ4n) is 4.43. The van der Waals surface area contributed by atoms with Gasteiger partial charge in [-0.3, -0.25) is 14.9 Å². The summed E-state index contributed by atoms with van der Waals surface area (Å²) in [6.07, 6.45) is 4.16. The van der Waals surface area contributed by atoms with E-state index in [0.717, 1.165) is 34.1 Å². The number of rotatable bonds is 4. The highest BCUT2D eigenvalue weighted by Crippen LogP contribution is 2.39. The van der Waals surface area contributed by atoms with Crippen LogP contribution in [0.2, 0.25) is 0 Å². The quantitative estimate of drug-likeness (QED) is 0.276. The van der Waals surface area contributed by atoms with E-state index in [1.807, 2.05) is 59.5 Å². The number of non-ortho nitro benzene ring substituents is 1. The molecular weight excluding hydrogens is 402 g/mol. The number of para-hydroxylation sites is 1. The maximum Gasteiger partial charge on any atom is 0.269 e. The van der Waals surface area contributed by atoms with Gasteiger partial charge in [0.05, 0.1) is 11.0 Å². The van der Waals surface area contributed by atoms with Gasteiger partial charge in [-0.2, -0.15) is 0 Å². The van der Waals surface area contributed by atoms with Gasteiger partial charge < -0.3 is 9.88 Å². The predicted octanol–water partition coefficient (Wildman–Crippen LogP) is 5.26. The summed E-state index contributed by atoms with van der Waals surface area (Å²) in [5.74, 6) is -0.0958. The maximum atomic E-state index is 13.3. The van der Waals surface area contributed by atoms with Crippen molar-refractivity contribution in [3.05, 3.63) is 117 Å². The molecule has 1 N–H and O–H groups in total. The zero-order valence-corrected chi connectivity index (χ0v) is 17.3. The number of nitrogens with zero attached hydrogens (tertiary/aromatic N) is 2. The van der Waals surface area contributed by atoms with Gasteiger partial charge in [-0.25, -0.2) is 0 Å². The first-order valence-corrected chi connectivity index (χ1v) is 10.5. The number of fused-ring (bicyclic) bond motifs is 3. The third-order valence-corrected chi connectivity index (χ3v) is 5.96. The van der Waals surface area contributed by atoms with Gasteiger partial charge in [0.25, 0.3) is 5.69 Å². The van der Waals surface area contributed by atoms with E-state index in [0.29, 0.717) is 6.54 Å². The van der Waals surface area contributed by atoms with Crippen LogP contribution in [-0.4, -0.2) is 27.3 Å². The first kappa shape index (κ1) is 19.8. The Morgan fingerprint density at radius 2 is 1.72 bits per heavy atom. The number of amides is 1. The molecule has 1 aromatic heterocycles. The fourth-order valence-corrected chi connectivity index (χ4v) is 4.43. The van der Waals surface area contributed by atoms with E-state index in [9.17, 15) is 14.9 Å². The third kappa shape index (κ3) is 3.56. The Morgan fingerprint density at radius 3 is 2.47 bits per heavy atom. The van der Waals surface area contributed by atoms with E-state index in [1.54, 1.807) is 18.2 Å². The van der Waals surface area contributed by atoms with Gasteiger partial charge in [0.2, 0.25) is 5.91 Å². The van der Waals surface area contributed by atoms with Gasteiger partial charge in [-0.15, -0.1) is 0 Å². The number of aromatic nitrogens is 1. The van der Waals surface area contributed by atoms with Crippen molar-refractivity contribution < 1.29 is 9.72 Å². The Morgan fingerprint density at radius 1 is 1.00 bits per heavy atom. The zero-order chi connectivity index (χ0) is 22.1. The number of hydrogen-bond donors (Lipinski definition) is 1. The molecule has 0 fully saturated rings. The average Bonchev–Trinajstić information content (AvgIpc) is 3.21. The molecule has 4 aromatic rings. The molecule has 0 spiro atoms. The van der Waals surface area contributed by atoms with Crippen LogP contribution >= 0.6 is 0 Å². The lowest BCUT2D eigenvalue weighted by Gasteiger charge is -2.35. The average molecular weight is 423 g/mol. The molecule has 5 rings (SSSR count). The van der Waals surface area contributed by atoms with Gasteiger partial charge in [0.1, 0.15) is 0 Å². The molecule has 0 aliphatic carbocycles. The Hall–Kier alpha value is -4.19. The molecule has 3 aromatic carbocycles. The molecule has 0 radical (unpaired) electrons. The van der Waals surface area contributed by atoms with Crippen molar-refractivity contribution in [2.24, 2.45) is 0 Å². The van der Waals surface area contributed by atoms with Crippen molar-refractivity contribution in [1.82, 2.24) is 9.88 Å². The molecule has 0 saturated carbocycles. The molecular formula is C26H21N3O3. The summed E-state index contributed by atoms with van der Waals surface area (Å²) in [5.41, 5.74) is 5.01. The van der Waals surface area contributed by atoms with Crippen LogP contribution in [0.5, 0.6) is 0 Å². The van der Waals surface area contributed by atoms with Gasteiger partial charge in [0.15, 0.2) is 0 Å². The molecule has 0 saturated heterocycles. The molecule has 1 atom stereocenters. The Kier molecular flexibility index (Phi) is 5.03. The molecule has 0 bridgehead atoms. The molecule has 6 heteroatoms. The molecule has 1 aliphatic heterocycles. The first-order chi connectivity index (χ1) is 15.6. The van der Waals surface area contributed by atoms with Crippen LogP contribution in [0.25, 0.3) is 17.0 Å². The standard InChI is InChI=1S/C26H21N3O3/c30-24(15-10-18-6-2-1-3-7-18)28-17-16-22-21-8-4-5-9-23(21)27-25(22)26(28)19-11-13-20(14-12-19)29(31)32/h1-15,26-27H,16-17H2. The van der Waals surface area contributed by atoms with E-state index in [1.165, 1.54) is 17.7 Å². The van der Waals surface area contributed by atoms with Crippen molar-refractivity contribution >= 4 is 28.6 Å². The second-order valence-corrected chi connectivity index (χ2v) is 7.84. The summed E-state index contributed by atoms with van der Waals surface area (Å²) in [6, 6.07) is 23.9. The highest BCUT2D eigenvalue weighted by molar-refractivity contribution is 5.93. The van der Waals surface area contributed by atoms with E-state index >= 15 is 0 Å². The number of nitro groups is 1. The van der Waals surface area contributed by atoms with E-state index in [4.69, 9.17) is 0 Å². The number of nitro benzene ring substituents is 1. The minimum Gasteiger partial charge on any atom is -0.356 e. The topological polar surface area (TPSA) is 79.2 Å². The molecule has 32 heavy (non-hydrogen) atoms. The molecule has 158 valence electrons. The minimum absolute atomic E-state index is 0.0308. The number of nitrogens with one attached hydrogen (secondary N) is 1. The predicted molar refractivity (Wildman–Crippen MR) is 124 cm³/mol. The monoisotopic (exact) mass is 423 g/mol. The molecule has 1 amide bonds. The number of carbonyl (C=O) groups excluding carboxylic acids is 1. The lowest BCUT2D eigenvalue weighted by Crippen LogP contribution is -2.39. The number of carbonyl (C=O) groups is 1. The van der Waals surface area contributed by atoms with E-state index in [2.05, 4.69) is 11.1 Å². The smallest absolute Gasteiger partial charge is 0.269 e. The third-order valence-electron chi connectivity index (χ3n) is 5.96. The Labute approximate surface area is 185 Å². The second-order valence-electron chi connectivity index (χ2n) is 7.84. The fraction of sp³-hybridized carbons (Fsp3) is 0.115. The highest BCUT2D eigenvalue weighted by atomic mass is 16.6. The van der Waals surface area contributed by atoms with Gasteiger partial charge in [-0.05, 0) is 47.4 Å². The first-order valence-electron chi connectivity index (χ1n) is 10.5. The molecule has 1 aliphatic rings. The number of aromatic amines is 1. The summed E-state index contributed by atoms with van der Waals surface area (Å²) in [5, 5.41) is 12.3. The van der Waals surface area contributed by atoms with Gasteiger partial charge >= 0.3 is 0 Å². The van der Waals surface area contributed by atoms with E-state index < -0.39 is 4.92 Å². The molecule has 6 nitrogen and oxygen atoms in total. The lowest BCUT2D eigenvalue weighted by molar-refractivity contribution is -0.384. The number of hydrogen-bond acceptors (Lipinski definition) is 3. The van der Waals surface area contributed by atoms with Crippen molar-refractivity contribution in [3.63, 3.8) is 0 Å². The summed E-state index contributed by atoms with van der Waals surface area (Å²) in [4.78, 5) is 29.3. The number of benzene rings is 3. The second kappa shape index (κ2) is 8.15. The number of H-pyrrole nitrogens is 1. The Balaban J connectivity index is 1.57. The summed E-state index contributed by atoms with van der Waals surface area (Å²) < 4.78 is 0. The lowest BCUT2D eigenvalue weighted by atomic mass is 9.92. The van der Waals surface area contributed by atoms with Crippen molar-refractivity contribution in [3.8, 4) is 0 Å². The molecule has 2 heterocycles. The van der Waals surface area contributed by atoms with Crippen LogP contribution in [0.1, 0.15) is 28.4 Å². The highest BCUT2D eigenvalue weighted by Gasteiger charge is 2.33. The van der Waals surface area contributed by atoms with Crippen LogP contribution < -0.4 is 0 Å². The zero-order valence-electron chi connectivity index (χ0n) is 17.3. The Bertz CT molecular complexity index is 1320.